The molecule has 5 heteroatoms. The molecule has 0 aliphatic rings. The first-order chi connectivity index (χ1) is 23.3. The Bertz CT molecular complexity index is 2520. The fraction of sp³-hybridized carbons (Fsp3) is 0. The van der Waals surface area contributed by atoms with Crippen molar-refractivity contribution in [3.05, 3.63) is 158 Å². The van der Waals surface area contributed by atoms with E-state index in [0.717, 1.165) is 49.2 Å². The molecule has 220 valence electrons. The molecular weight excluding hydrogens is 593 g/mol. The zero-order valence-electron chi connectivity index (χ0n) is 25.2. The van der Waals surface area contributed by atoms with Crippen molar-refractivity contribution >= 4 is 42.4 Å². The lowest BCUT2D eigenvalue weighted by Crippen LogP contribution is -2.01. The van der Waals surface area contributed by atoms with E-state index in [1.165, 1.54) is 20.9 Å². The van der Waals surface area contributed by atoms with Gasteiger partial charge in [-0.2, -0.15) is 0 Å². The van der Waals surface area contributed by atoms with Crippen molar-refractivity contribution in [3.63, 3.8) is 0 Å². The second-order valence-corrected chi connectivity index (χ2v) is 12.6. The molecular formula is C42H26N4S. The molecule has 0 saturated heterocycles. The van der Waals surface area contributed by atoms with E-state index in [-0.39, 0.29) is 0 Å². The molecule has 0 N–H and O–H groups in total. The molecule has 0 saturated carbocycles. The van der Waals surface area contributed by atoms with Crippen LogP contribution in [-0.2, 0) is 0 Å². The van der Waals surface area contributed by atoms with E-state index in [4.69, 9.17) is 19.9 Å². The van der Waals surface area contributed by atoms with Crippen LogP contribution in [0.1, 0.15) is 0 Å². The zero-order chi connectivity index (χ0) is 31.2. The Balaban J connectivity index is 1.30. The highest BCUT2D eigenvalue weighted by Crippen LogP contribution is 2.39. The number of hydrogen-bond donors (Lipinski definition) is 0. The Morgan fingerprint density at radius 3 is 1.77 bits per heavy atom. The normalized spacial score (nSPS) is 11.4. The molecule has 0 fully saturated rings. The maximum Gasteiger partial charge on any atom is 0.164 e. The largest absolute Gasteiger partial charge is 0.245 e. The van der Waals surface area contributed by atoms with Crippen LogP contribution in [0.3, 0.4) is 0 Å². The van der Waals surface area contributed by atoms with E-state index in [1.54, 1.807) is 11.3 Å². The lowest BCUT2D eigenvalue weighted by molar-refractivity contribution is 1.07. The number of nitrogens with zero attached hydrogens (tertiary/aromatic N) is 4. The fourth-order valence-electron chi connectivity index (χ4n) is 6.21. The summed E-state index contributed by atoms with van der Waals surface area (Å²) in [5.41, 5.74) is 7.06. The van der Waals surface area contributed by atoms with Crippen LogP contribution < -0.4 is 0 Å². The molecule has 0 spiro atoms. The molecule has 0 aliphatic carbocycles. The molecule has 9 rings (SSSR count). The van der Waals surface area contributed by atoms with E-state index >= 15 is 0 Å². The summed E-state index contributed by atoms with van der Waals surface area (Å²) in [6.45, 7) is 0. The molecule has 4 nitrogen and oxygen atoms in total. The second-order valence-electron chi connectivity index (χ2n) is 11.5. The minimum absolute atomic E-state index is 0.616. The first kappa shape index (κ1) is 27.3. The van der Waals surface area contributed by atoms with Gasteiger partial charge in [-0.25, -0.2) is 19.9 Å². The Kier molecular flexibility index (Phi) is 6.61. The van der Waals surface area contributed by atoms with Gasteiger partial charge in [0.1, 0.15) is 4.83 Å². The Labute approximate surface area is 275 Å². The number of benzene rings is 6. The number of thiophene rings is 1. The summed E-state index contributed by atoms with van der Waals surface area (Å²) in [6, 6.07) is 52.7. The summed E-state index contributed by atoms with van der Waals surface area (Å²) in [7, 11) is 0. The van der Waals surface area contributed by atoms with E-state index in [9.17, 15) is 0 Å². The summed E-state index contributed by atoms with van der Waals surface area (Å²) in [5.74, 6) is 1.88. The van der Waals surface area contributed by atoms with Gasteiger partial charge in [-0.05, 0) is 51.7 Å². The highest BCUT2D eigenvalue weighted by Gasteiger charge is 2.18. The molecule has 0 unspecified atom stereocenters. The number of pyridine rings is 1. The van der Waals surface area contributed by atoms with Crippen molar-refractivity contribution in [2.45, 2.75) is 0 Å². The van der Waals surface area contributed by atoms with Gasteiger partial charge in [0.25, 0.3) is 0 Å². The number of fused-ring (bicyclic) bond motifs is 4. The third-order valence-electron chi connectivity index (χ3n) is 8.59. The van der Waals surface area contributed by atoms with Gasteiger partial charge in [0, 0.05) is 43.9 Å². The van der Waals surface area contributed by atoms with Gasteiger partial charge in [-0.15, -0.1) is 11.3 Å². The molecule has 3 heterocycles. The summed E-state index contributed by atoms with van der Waals surface area (Å²) < 4.78 is 1.23. The topological polar surface area (TPSA) is 51.6 Å². The van der Waals surface area contributed by atoms with Crippen LogP contribution >= 0.6 is 11.3 Å². The van der Waals surface area contributed by atoms with Crippen LogP contribution in [0, 0.1) is 0 Å². The maximum absolute atomic E-state index is 5.13. The van der Waals surface area contributed by atoms with Gasteiger partial charge >= 0.3 is 0 Å². The zero-order valence-corrected chi connectivity index (χ0v) is 26.0. The van der Waals surface area contributed by atoms with Crippen molar-refractivity contribution in [1.82, 2.24) is 19.9 Å². The predicted molar refractivity (Wildman–Crippen MR) is 195 cm³/mol. The maximum atomic E-state index is 5.13. The first-order valence-electron chi connectivity index (χ1n) is 15.5. The van der Waals surface area contributed by atoms with Gasteiger partial charge in [-0.3, -0.25) is 0 Å². The van der Waals surface area contributed by atoms with Gasteiger partial charge < -0.3 is 0 Å². The smallest absolute Gasteiger partial charge is 0.164 e. The van der Waals surface area contributed by atoms with Crippen LogP contribution in [0.15, 0.2) is 158 Å². The summed E-state index contributed by atoms with van der Waals surface area (Å²) >= 11 is 1.72. The Hall–Kier alpha value is -6.04. The first-order valence-corrected chi connectivity index (χ1v) is 16.4. The average molecular weight is 619 g/mol. The standard InChI is InChI=1S/C42H26N4S/c1-3-12-28(13-4-1)39-44-40(29-14-5-2-6-15-29)46-41(45-39)36-24-32(31-20-19-27-11-7-8-16-30(27)23-31)21-22-34(36)33-25-37-35-17-9-10-18-38(35)47-42(37)43-26-33/h1-26H. The molecule has 0 aliphatic heterocycles. The quantitative estimate of drug-likeness (QED) is 0.193. The third-order valence-corrected chi connectivity index (χ3v) is 9.68. The lowest BCUT2D eigenvalue weighted by Gasteiger charge is -2.14. The summed E-state index contributed by atoms with van der Waals surface area (Å²) in [4.78, 5) is 21.2. The summed E-state index contributed by atoms with van der Waals surface area (Å²) in [6.07, 6.45) is 1.98. The van der Waals surface area contributed by atoms with Crippen molar-refractivity contribution in [3.8, 4) is 56.4 Å². The highest BCUT2D eigenvalue weighted by atomic mass is 32.1. The fourth-order valence-corrected chi connectivity index (χ4v) is 7.24. The van der Waals surface area contributed by atoms with Crippen LogP contribution in [0.5, 0.6) is 0 Å². The highest BCUT2D eigenvalue weighted by molar-refractivity contribution is 7.25. The molecule has 0 amide bonds. The van der Waals surface area contributed by atoms with Gasteiger partial charge in [0.15, 0.2) is 17.5 Å². The van der Waals surface area contributed by atoms with E-state index in [1.807, 2.05) is 66.9 Å². The van der Waals surface area contributed by atoms with Gasteiger partial charge in [0.05, 0.1) is 0 Å². The lowest BCUT2D eigenvalue weighted by atomic mass is 9.93. The van der Waals surface area contributed by atoms with Crippen LogP contribution in [0.2, 0.25) is 0 Å². The molecule has 0 atom stereocenters. The van der Waals surface area contributed by atoms with Crippen LogP contribution in [0.25, 0.3) is 87.5 Å². The third kappa shape index (κ3) is 5.03. The average Bonchev–Trinajstić information content (AvgIpc) is 3.53. The van der Waals surface area contributed by atoms with Crippen molar-refractivity contribution in [2.75, 3.05) is 0 Å². The Morgan fingerprint density at radius 1 is 0.383 bits per heavy atom. The van der Waals surface area contributed by atoms with E-state index in [2.05, 4.69) is 91.0 Å². The van der Waals surface area contributed by atoms with Crippen LogP contribution in [-0.4, -0.2) is 19.9 Å². The molecule has 47 heavy (non-hydrogen) atoms. The predicted octanol–water partition coefficient (Wildman–Crippen LogP) is 11.1. The van der Waals surface area contributed by atoms with Gasteiger partial charge in [-0.1, -0.05) is 127 Å². The van der Waals surface area contributed by atoms with Crippen molar-refractivity contribution in [2.24, 2.45) is 0 Å². The molecule has 6 aromatic carbocycles. The molecule has 0 bridgehead atoms. The summed E-state index contributed by atoms with van der Waals surface area (Å²) in [5, 5.41) is 4.78. The molecule has 0 radical (unpaired) electrons. The van der Waals surface area contributed by atoms with E-state index in [0.29, 0.717) is 17.5 Å². The number of aromatic nitrogens is 4. The van der Waals surface area contributed by atoms with Crippen molar-refractivity contribution < 1.29 is 0 Å². The Morgan fingerprint density at radius 2 is 1.00 bits per heavy atom. The minimum Gasteiger partial charge on any atom is -0.245 e. The minimum atomic E-state index is 0.616. The van der Waals surface area contributed by atoms with Crippen LogP contribution in [0.4, 0.5) is 0 Å². The monoisotopic (exact) mass is 618 g/mol. The van der Waals surface area contributed by atoms with Crippen molar-refractivity contribution in [1.29, 1.82) is 0 Å². The number of hydrogen-bond acceptors (Lipinski definition) is 5. The number of rotatable bonds is 5. The SMILES string of the molecule is c1ccc(-c2nc(-c3ccccc3)nc(-c3cc(-c4ccc5ccccc5c4)ccc3-c3cnc4sc5ccccc5c4c3)n2)cc1. The van der Waals surface area contributed by atoms with Gasteiger partial charge in [0.2, 0.25) is 0 Å². The van der Waals surface area contributed by atoms with E-state index < -0.39 is 0 Å². The molecule has 3 aromatic heterocycles. The molecule has 9 aromatic rings. The second kappa shape index (κ2) is 11.4.